The second-order valence-electron chi connectivity index (χ2n) is 5.10. The first-order valence-corrected chi connectivity index (χ1v) is 6.82. The van der Waals surface area contributed by atoms with Crippen molar-refractivity contribution in [3.05, 3.63) is 53.0 Å². The Hall–Kier alpha value is -2.50. The van der Waals surface area contributed by atoms with E-state index in [2.05, 4.69) is 15.5 Å². The Bertz CT molecular complexity index is 672. The van der Waals surface area contributed by atoms with E-state index < -0.39 is 5.91 Å². The monoisotopic (exact) mass is 286 g/mol. The quantitative estimate of drug-likeness (QED) is 0.906. The van der Waals surface area contributed by atoms with Gasteiger partial charge in [-0.3, -0.25) is 4.79 Å². The van der Waals surface area contributed by atoms with Gasteiger partial charge in [0, 0.05) is 0 Å². The fourth-order valence-electron chi connectivity index (χ4n) is 2.64. The molecule has 6 heteroatoms. The fraction of sp³-hybridized carbons (Fsp3) is 0.267. The zero-order valence-electron chi connectivity index (χ0n) is 11.3. The van der Waals surface area contributed by atoms with Crippen LogP contribution in [0.1, 0.15) is 40.5 Å². The van der Waals surface area contributed by atoms with Gasteiger partial charge in [-0.05, 0) is 54.7 Å². The minimum Gasteiger partial charge on any atom is -0.364 e. The number of primary amides is 1. The summed E-state index contributed by atoms with van der Waals surface area (Å²) in [5.74, 6) is -0.307. The summed E-state index contributed by atoms with van der Waals surface area (Å²) in [4.78, 5) is 11.0. The predicted octanol–water partition coefficient (Wildman–Crippen LogP) is 2.20. The van der Waals surface area contributed by atoms with Gasteiger partial charge in [0.1, 0.15) is 11.6 Å². The van der Waals surface area contributed by atoms with Gasteiger partial charge in [-0.15, -0.1) is 10.2 Å². The molecule has 1 amide bonds. The molecule has 1 heterocycles. The first-order valence-electron chi connectivity index (χ1n) is 6.82. The molecule has 1 aliphatic rings. The smallest absolute Gasteiger partial charge is 0.269 e. The zero-order chi connectivity index (χ0) is 14.8. The third-order valence-corrected chi connectivity index (χ3v) is 3.66. The van der Waals surface area contributed by atoms with Gasteiger partial charge in [-0.1, -0.05) is 6.07 Å². The molecule has 0 fully saturated rings. The molecule has 1 aromatic carbocycles. The van der Waals surface area contributed by atoms with Crippen LogP contribution in [0, 0.1) is 5.82 Å². The first-order chi connectivity index (χ1) is 10.1. The molecule has 1 aliphatic carbocycles. The molecule has 0 saturated heterocycles. The molecule has 1 unspecified atom stereocenters. The van der Waals surface area contributed by atoms with Crippen molar-refractivity contribution in [2.45, 2.75) is 25.3 Å². The number of benzene rings is 1. The van der Waals surface area contributed by atoms with Crippen molar-refractivity contribution in [2.24, 2.45) is 5.73 Å². The van der Waals surface area contributed by atoms with Crippen LogP contribution in [0.15, 0.2) is 30.3 Å². The second-order valence-corrected chi connectivity index (χ2v) is 5.10. The van der Waals surface area contributed by atoms with Crippen molar-refractivity contribution in [1.29, 1.82) is 0 Å². The van der Waals surface area contributed by atoms with Crippen LogP contribution in [0.3, 0.4) is 0 Å². The van der Waals surface area contributed by atoms with Gasteiger partial charge in [0.05, 0.1) is 6.04 Å². The van der Waals surface area contributed by atoms with Crippen molar-refractivity contribution < 1.29 is 9.18 Å². The van der Waals surface area contributed by atoms with Gasteiger partial charge >= 0.3 is 0 Å². The van der Waals surface area contributed by atoms with Crippen LogP contribution in [0.5, 0.6) is 0 Å². The van der Waals surface area contributed by atoms with E-state index in [4.69, 9.17) is 5.73 Å². The molecule has 2 aromatic rings. The van der Waals surface area contributed by atoms with Gasteiger partial charge in [-0.25, -0.2) is 4.39 Å². The number of fused-ring (bicyclic) bond motifs is 1. The van der Waals surface area contributed by atoms with Crippen LogP contribution in [-0.4, -0.2) is 16.1 Å². The summed E-state index contributed by atoms with van der Waals surface area (Å²) in [6.45, 7) is 0. The Morgan fingerprint density at radius 2 is 2.14 bits per heavy atom. The molecule has 0 bridgehead atoms. The molecule has 21 heavy (non-hydrogen) atoms. The van der Waals surface area contributed by atoms with E-state index in [1.807, 2.05) is 6.07 Å². The molecule has 0 spiro atoms. The Kier molecular flexibility index (Phi) is 3.51. The number of nitrogens with one attached hydrogen (secondary N) is 1. The topological polar surface area (TPSA) is 80.9 Å². The van der Waals surface area contributed by atoms with E-state index in [0.29, 0.717) is 5.82 Å². The standard InChI is InChI=1S/C15H15FN4O/c16-10-5-4-9-2-1-3-12(11(9)8-10)18-14-7-6-13(15(17)21)19-20-14/h4-8,12H,1-3H2,(H2,17,21)(H,18,20). The molecule has 3 rings (SSSR count). The minimum absolute atomic E-state index is 0.00169. The summed E-state index contributed by atoms with van der Waals surface area (Å²) in [6, 6.07) is 8.06. The predicted molar refractivity (Wildman–Crippen MR) is 76.3 cm³/mol. The number of nitrogens with zero attached hydrogens (tertiary/aromatic N) is 2. The largest absolute Gasteiger partial charge is 0.364 e. The molecule has 1 aromatic heterocycles. The number of anilines is 1. The van der Waals surface area contributed by atoms with E-state index in [1.54, 1.807) is 12.1 Å². The molecule has 1 atom stereocenters. The first kappa shape index (κ1) is 13.5. The van der Waals surface area contributed by atoms with Crippen molar-refractivity contribution in [3.63, 3.8) is 0 Å². The summed E-state index contributed by atoms with van der Waals surface area (Å²) < 4.78 is 13.4. The van der Waals surface area contributed by atoms with Crippen molar-refractivity contribution >= 4 is 11.7 Å². The fourth-order valence-corrected chi connectivity index (χ4v) is 2.64. The second kappa shape index (κ2) is 5.47. The normalized spacial score (nSPS) is 17.1. The number of carbonyl (C=O) groups excluding carboxylic acids is 1. The Labute approximate surface area is 121 Å². The third-order valence-electron chi connectivity index (χ3n) is 3.66. The number of aryl methyl sites for hydroxylation is 1. The third kappa shape index (κ3) is 2.84. The summed E-state index contributed by atoms with van der Waals surface area (Å²) in [5.41, 5.74) is 7.36. The van der Waals surface area contributed by atoms with Gasteiger partial charge in [0.2, 0.25) is 0 Å². The molecular weight excluding hydrogens is 271 g/mol. The number of hydrogen-bond acceptors (Lipinski definition) is 4. The SMILES string of the molecule is NC(=O)c1ccc(NC2CCCc3ccc(F)cc32)nn1. The number of amides is 1. The molecule has 3 N–H and O–H groups in total. The Morgan fingerprint density at radius 3 is 2.86 bits per heavy atom. The highest BCUT2D eigenvalue weighted by atomic mass is 19.1. The van der Waals surface area contributed by atoms with E-state index in [9.17, 15) is 9.18 Å². The lowest BCUT2D eigenvalue weighted by Crippen LogP contribution is -2.19. The molecule has 108 valence electrons. The highest BCUT2D eigenvalue weighted by Gasteiger charge is 2.21. The molecule has 0 aliphatic heterocycles. The van der Waals surface area contributed by atoms with Crippen molar-refractivity contribution in [3.8, 4) is 0 Å². The number of rotatable bonds is 3. The molecule has 0 saturated carbocycles. The summed E-state index contributed by atoms with van der Waals surface area (Å²) in [7, 11) is 0. The lowest BCUT2D eigenvalue weighted by Gasteiger charge is -2.26. The van der Waals surface area contributed by atoms with Crippen LogP contribution < -0.4 is 11.1 Å². The zero-order valence-corrected chi connectivity index (χ0v) is 11.3. The Balaban J connectivity index is 1.83. The highest BCUT2D eigenvalue weighted by Crippen LogP contribution is 2.32. The molecular formula is C15H15FN4O. The van der Waals surface area contributed by atoms with E-state index in [0.717, 1.165) is 30.4 Å². The summed E-state index contributed by atoms with van der Waals surface area (Å²) in [5, 5.41) is 10.9. The average Bonchev–Trinajstić information content (AvgIpc) is 2.48. The Morgan fingerprint density at radius 1 is 1.29 bits per heavy atom. The van der Waals surface area contributed by atoms with Crippen LogP contribution >= 0.6 is 0 Å². The van der Waals surface area contributed by atoms with E-state index in [-0.39, 0.29) is 17.6 Å². The van der Waals surface area contributed by atoms with Crippen LogP contribution in [0.25, 0.3) is 0 Å². The van der Waals surface area contributed by atoms with Crippen LogP contribution in [0.4, 0.5) is 10.2 Å². The summed E-state index contributed by atoms with van der Waals surface area (Å²) >= 11 is 0. The highest BCUT2D eigenvalue weighted by molar-refractivity contribution is 5.90. The molecule has 0 radical (unpaired) electrons. The number of nitrogens with two attached hydrogens (primary N) is 1. The van der Waals surface area contributed by atoms with Crippen molar-refractivity contribution in [1.82, 2.24) is 10.2 Å². The number of carbonyl (C=O) groups is 1. The number of halogens is 1. The van der Waals surface area contributed by atoms with Crippen molar-refractivity contribution in [2.75, 3.05) is 5.32 Å². The number of aromatic nitrogens is 2. The molecule has 5 nitrogen and oxygen atoms in total. The minimum atomic E-state index is -0.612. The number of hydrogen-bond donors (Lipinski definition) is 2. The maximum absolute atomic E-state index is 13.4. The lowest BCUT2D eigenvalue weighted by molar-refractivity contribution is 0.0994. The van der Waals surface area contributed by atoms with Gasteiger partial charge in [-0.2, -0.15) is 0 Å². The lowest BCUT2D eigenvalue weighted by atomic mass is 9.87. The van der Waals surface area contributed by atoms with Crippen LogP contribution in [-0.2, 0) is 6.42 Å². The van der Waals surface area contributed by atoms with Crippen LogP contribution in [0.2, 0.25) is 0 Å². The maximum Gasteiger partial charge on any atom is 0.269 e. The van der Waals surface area contributed by atoms with Gasteiger partial charge < -0.3 is 11.1 Å². The summed E-state index contributed by atoms with van der Waals surface area (Å²) in [6.07, 6.45) is 2.89. The van der Waals surface area contributed by atoms with Gasteiger partial charge in [0.15, 0.2) is 5.69 Å². The average molecular weight is 286 g/mol. The van der Waals surface area contributed by atoms with E-state index in [1.165, 1.54) is 12.1 Å². The van der Waals surface area contributed by atoms with E-state index >= 15 is 0 Å². The maximum atomic E-state index is 13.4. The van der Waals surface area contributed by atoms with Gasteiger partial charge in [0.25, 0.3) is 5.91 Å².